The number of nitrogens with one attached hydrogen (secondary N) is 1. The molecule has 0 saturated heterocycles. The van der Waals surface area contributed by atoms with E-state index >= 15 is 0 Å². The van der Waals surface area contributed by atoms with Gasteiger partial charge in [0.25, 0.3) is 0 Å². The molecule has 2 aromatic carbocycles. The minimum Gasteiger partial charge on any atom is -0.310 e. The van der Waals surface area contributed by atoms with Crippen LogP contribution in [-0.4, -0.2) is 6.54 Å². The Bertz CT molecular complexity index is 628. The summed E-state index contributed by atoms with van der Waals surface area (Å²) in [6.45, 7) is 4.81. The van der Waals surface area contributed by atoms with E-state index in [0.29, 0.717) is 12.0 Å². The van der Waals surface area contributed by atoms with Gasteiger partial charge in [0, 0.05) is 16.6 Å². The molecule has 4 heteroatoms. The van der Waals surface area contributed by atoms with Gasteiger partial charge in [0.05, 0.1) is 0 Å². The Balaban J connectivity index is 2.33. The maximum absolute atomic E-state index is 13.9. The topological polar surface area (TPSA) is 12.0 Å². The molecular formula is C17H18BrF2N. The summed E-state index contributed by atoms with van der Waals surface area (Å²) in [6.07, 6.45) is 0.474. The van der Waals surface area contributed by atoms with Gasteiger partial charge >= 0.3 is 0 Å². The Labute approximate surface area is 132 Å². The third-order valence-electron chi connectivity index (χ3n) is 3.49. The maximum Gasteiger partial charge on any atom is 0.129 e. The first kappa shape index (κ1) is 16.1. The Morgan fingerprint density at radius 1 is 1.19 bits per heavy atom. The molecule has 1 atom stereocenters. The van der Waals surface area contributed by atoms with Crippen molar-refractivity contribution in [3.63, 3.8) is 0 Å². The molecular weight excluding hydrogens is 336 g/mol. The molecule has 0 amide bonds. The zero-order valence-electron chi connectivity index (χ0n) is 12.1. The molecule has 0 spiro atoms. The van der Waals surface area contributed by atoms with E-state index in [1.165, 1.54) is 12.1 Å². The monoisotopic (exact) mass is 353 g/mol. The SMILES string of the molecule is CCNC(Cc1ccc(F)cc1F)c1cccc(C)c1Br. The number of hydrogen-bond acceptors (Lipinski definition) is 1. The molecule has 112 valence electrons. The summed E-state index contributed by atoms with van der Waals surface area (Å²) in [6, 6.07) is 9.75. The first-order valence-corrected chi connectivity index (χ1v) is 7.74. The largest absolute Gasteiger partial charge is 0.310 e. The van der Waals surface area contributed by atoms with Gasteiger partial charge in [-0.25, -0.2) is 8.78 Å². The predicted molar refractivity (Wildman–Crippen MR) is 85.4 cm³/mol. The Morgan fingerprint density at radius 3 is 2.62 bits per heavy atom. The minimum atomic E-state index is -0.548. The van der Waals surface area contributed by atoms with Gasteiger partial charge in [-0.1, -0.05) is 47.1 Å². The van der Waals surface area contributed by atoms with Crippen molar-refractivity contribution in [3.05, 3.63) is 69.2 Å². The van der Waals surface area contributed by atoms with Gasteiger partial charge in [-0.2, -0.15) is 0 Å². The summed E-state index contributed by atoms with van der Waals surface area (Å²) in [5.74, 6) is -1.05. The second kappa shape index (κ2) is 7.14. The fourth-order valence-corrected chi connectivity index (χ4v) is 2.93. The molecule has 0 bridgehead atoms. The van der Waals surface area contributed by atoms with Crippen LogP contribution in [0.25, 0.3) is 0 Å². The highest BCUT2D eigenvalue weighted by molar-refractivity contribution is 9.10. The van der Waals surface area contributed by atoms with Gasteiger partial charge < -0.3 is 5.32 Å². The van der Waals surface area contributed by atoms with Crippen LogP contribution in [0.5, 0.6) is 0 Å². The Hall–Kier alpha value is -1.26. The standard InChI is InChI=1S/C17H18BrF2N/c1-3-21-16(14-6-4-5-11(2)17(14)18)9-12-7-8-13(19)10-15(12)20/h4-8,10,16,21H,3,9H2,1-2H3. The molecule has 0 aliphatic rings. The van der Waals surface area contributed by atoms with Gasteiger partial charge in [0.1, 0.15) is 11.6 Å². The molecule has 0 heterocycles. The van der Waals surface area contributed by atoms with Gasteiger partial charge in [0.2, 0.25) is 0 Å². The second-order valence-electron chi connectivity index (χ2n) is 5.03. The van der Waals surface area contributed by atoms with Crippen molar-refractivity contribution in [3.8, 4) is 0 Å². The molecule has 1 unspecified atom stereocenters. The van der Waals surface area contributed by atoms with Crippen molar-refractivity contribution in [2.24, 2.45) is 0 Å². The van der Waals surface area contributed by atoms with Crippen LogP contribution in [0.2, 0.25) is 0 Å². The number of rotatable bonds is 5. The van der Waals surface area contributed by atoms with Crippen LogP contribution in [0.15, 0.2) is 40.9 Å². The lowest BCUT2D eigenvalue weighted by Gasteiger charge is -2.21. The molecule has 0 saturated carbocycles. The maximum atomic E-state index is 13.9. The van der Waals surface area contributed by atoms with Crippen LogP contribution in [-0.2, 0) is 6.42 Å². The van der Waals surface area contributed by atoms with Crippen molar-refractivity contribution in [1.82, 2.24) is 5.32 Å². The second-order valence-corrected chi connectivity index (χ2v) is 5.82. The van der Waals surface area contributed by atoms with Crippen LogP contribution in [0.4, 0.5) is 8.78 Å². The molecule has 2 rings (SSSR count). The van der Waals surface area contributed by atoms with Crippen molar-refractivity contribution in [1.29, 1.82) is 0 Å². The average molecular weight is 354 g/mol. The minimum absolute atomic E-state index is 0.0239. The van der Waals surface area contributed by atoms with Crippen molar-refractivity contribution in [2.45, 2.75) is 26.3 Å². The van der Waals surface area contributed by atoms with Crippen molar-refractivity contribution in [2.75, 3.05) is 6.54 Å². The smallest absolute Gasteiger partial charge is 0.129 e. The predicted octanol–water partition coefficient (Wildman–Crippen LogP) is 4.93. The van der Waals surface area contributed by atoms with Gasteiger partial charge in [-0.15, -0.1) is 0 Å². The first-order chi connectivity index (χ1) is 10.0. The number of likely N-dealkylation sites (N-methyl/N-ethyl adjacent to an activating group) is 1. The number of aryl methyl sites for hydroxylation is 1. The summed E-state index contributed by atoms with van der Waals surface area (Å²) < 4.78 is 27.9. The molecule has 0 fully saturated rings. The zero-order chi connectivity index (χ0) is 15.4. The first-order valence-electron chi connectivity index (χ1n) is 6.95. The van der Waals surface area contributed by atoms with E-state index < -0.39 is 11.6 Å². The van der Waals surface area contributed by atoms with Gasteiger partial charge in [0.15, 0.2) is 0 Å². The number of benzene rings is 2. The lowest BCUT2D eigenvalue weighted by atomic mass is 9.97. The van der Waals surface area contributed by atoms with Gasteiger partial charge in [-0.05, 0) is 42.6 Å². The lowest BCUT2D eigenvalue weighted by molar-refractivity contribution is 0.519. The molecule has 1 nitrogen and oxygen atoms in total. The average Bonchev–Trinajstić information content (AvgIpc) is 2.44. The number of hydrogen-bond donors (Lipinski definition) is 1. The highest BCUT2D eigenvalue weighted by Crippen LogP contribution is 2.29. The van der Waals surface area contributed by atoms with E-state index in [2.05, 4.69) is 21.2 Å². The van der Waals surface area contributed by atoms with Crippen LogP contribution in [0.1, 0.15) is 29.7 Å². The van der Waals surface area contributed by atoms with Crippen LogP contribution >= 0.6 is 15.9 Å². The van der Waals surface area contributed by atoms with Crippen LogP contribution in [0, 0.1) is 18.6 Å². The molecule has 0 aliphatic heterocycles. The molecule has 1 N–H and O–H groups in total. The molecule has 2 aromatic rings. The van der Waals surface area contributed by atoms with Crippen molar-refractivity contribution >= 4 is 15.9 Å². The van der Waals surface area contributed by atoms with Crippen LogP contribution < -0.4 is 5.32 Å². The lowest BCUT2D eigenvalue weighted by Crippen LogP contribution is -2.24. The highest BCUT2D eigenvalue weighted by atomic mass is 79.9. The summed E-state index contributed by atoms with van der Waals surface area (Å²) in [5, 5.41) is 3.37. The molecule has 21 heavy (non-hydrogen) atoms. The molecule has 0 aromatic heterocycles. The summed E-state index contributed by atoms with van der Waals surface area (Å²) in [5.41, 5.74) is 2.73. The quantitative estimate of drug-likeness (QED) is 0.803. The fourth-order valence-electron chi connectivity index (χ4n) is 2.38. The van der Waals surface area contributed by atoms with E-state index in [1.54, 1.807) is 0 Å². The third kappa shape index (κ3) is 3.89. The Kier molecular flexibility index (Phi) is 5.48. The summed E-state index contributed by atoms with van der Waals surface area (Å²) in [7, 11) is 0. The highest BCUT2D eigenvalue weighted by Gasteiger charge is 2.17. The van der Waals surface area contributed by atoms with E-state index in [9.17, 15) is 8.78 Å². The van der Waals surface area contributed by atoms with Crippen LogP contribution in [0.3, 0.4) is 0 Å². The van der Waals surface area contributed by atoms with Gasteiger partial charge in [-0.3, -0.25) is 0 Å². The van der Waals surface area contributed by atoms with E-state index in [4.69, 9.17) is 0 Å². The third-order valence-corrected chi connectivity index (χ3v) is 4.57. The normalized spacial score (nSPS) is 12.4. The summed E-state index contributed by atoms with van der Waals surface area (Å²) >= 11 is 3.60. The van der Waals surface area contributed by atoms with E-state index in [1.807, 2.05) is 32.0 Å². The van der Waals surface area contributed by atoms with Crippen molar-refractivity contribution < 1.29 is 8.78 Å². The Morgan fingerprint density at radius 2 is 1.95 bits per heavy atom. The molecule has 0 aliphatic carbocycles. The van der Waals surface area contributed by atoms with E-state index in [-0.39, 0.29) is 6.04 Å². The molecule has 0 radical (unpaired) electrons. The number of halogens is 3. The summed E-state index contributed by atoms with van der Waals surface area (Å²) in [4.78, 5) is 0. The fraction of sp³-hybridized carbons (Fsp3) is 0.294. The zero-order valence-corrected chi connectivity index (χ0v) is 13.7. The van der Waals surface area contributed by atoms with E-state index in [0.717, 1.165) is 28.2 Å².